The lowest BCUT2D eigenvalue weighted by molar-refractivity contribution is -0.218. The monoisotopic (exact) mass is 262 g/mol. The first kappa shape index (κ1) is 13.1. The van der Waals surface area contributed by atoms with E-state index in [1.807, 2.05) is 0 Å². The molecule has 2 aromatic rings. The van der Waals surface area contributed by atoms with Crippen LogP contribution < -0.4 is 10.7 Å². The van der Waals surface area contributed by atoms with Crippen molar-refractivity contribution in [2.24, 2.45) is 4.99 Å². The highest BCUT2D eigenvalue weighted by atomic mass is 16.4. The van der Waals surface area contributed by atoms with Crippen LogP contribution in [0.4, 0.5) is 0 Å². The summed E-state index contributed by atoms with van der Waals surface area (Å²) in [6.45, 7) is -0.156. The van der Waals surface area contributed by atoms with Crippen molar-refractivity contribution in [3.63, 3.8) is 0 Å². The van der Waals surface area contributed by atoms with E-state index in [-0.39, 0.29) is 30.9 Å². The molecule has 0 fully saturated rings. The molecule has 2 N–H and O–H groups in total. The quantitative estimate of drug-likeness (QED) is 0.450. The summed E-state index contributed by atoms with van der Waals surface area (Å²) >= 11 is 0. The largest absolute Gasteiger partial charge is 0.862 e. The highest BCUT2D eigenvalue weighted by Gasteiger charge is 2.06. The van der Waals surface area contributed by atoms with Crippen LogP contribution in [-0.4, -0.2) is 29.3 Å². The lowest BCUT2D eigenvalue weighted by atomic mass is 10.1. The second-order valence-electron chi connectivity index (χ2n) is 3.95. The van der Waals surface area contributed by atoms with Crippen LogP contribution in [0.2, 0.25) is 0 Å². The predicted octanol–water partition coefficient (Wildman–Crippen LogP) is -0.208. The molecule has 1 heterocycles. The van der Waals surface area contributed by atoms with Crippen molar-refractivity contribution in [2.75, 3.05) is 13.2 Å². The zero-order valence-corrected chi connectivity index (χ0v) is 10.00. The number of aliphatic hydroxyl groups excluding tert-OH is 1. The molecule has 0 aliphatic carbocycles. The summed E-state index contributed by atoms with van der Waals surface area (Å²) in [6.07, 6.45) is -0.0487. The molecule has 0 atom stereocenters. The van der Waals surface area contributed by atoms with Crippen LogP contribution in [0, 0.1) is 0 Å². The summed E-state index contributed by atoms with van der Waals surface area (Å²) in [5.41, 5.74) is 0.110. The summed E-state index contributed by atoms with van der Waals surface area (Å²) in [4.78, 5) is 15.0. The maximum absolute atomic E-state index is 11.5. The van der Waals surface area contributed by atoms with Crippen molar-refractivity contribution >= 4 is 16.9 Å². The normalized spacial score (nSPS) is 11.9. The van der Waals surface area contributed by atoms with Gasteiger partial charge in [-0.05, 0) is 23.6 Å². The Morgan fingerprint density at radius 1 is 1.37 bits per heavy atom. The van der Waals surface area contributed by atoms with Gasteiger partial charge in [0.1, 0.15) is 11.3 Å². The molecule has 0 bridgehead atoms. The number of phenols is 1. The lowest BCUT2D eigenvalue weighted by Crippen LogP contribution is -2.22. The van der Waals surface area contributed by atoms with Crippen LogP contribution >= 0.6 is 0 Å². The molecule has 19 heavy (non-hydrogen) atoms. The summed E-state index contributed by atoms with van der Waals surface area (Å²) in [6, 6.07) is 5.56. The first-order valence-electron chi connectivity index (χ1n) is 5.67. The Balaban J connectivity index is 2.45. The van der Waals surface area contributed by atoms with E-state index in [2.05, 4.69) is 4.99 Å². The van der Waals surface area contributed by atoms with Crippen LogP contribution in [-0.2, 0) is 6.42 Å². The van der Waals surface area contributed by atoms with Gasteiger partial charge in [-0.25, -0.2) is 4.79 Å². The Morgan fingerprint density at radius 2 is 2.16 bits per heavy atom. The molecule has 6 nitrogen and oxygen atoms in total. The van der Waals surface area contributed by atoms with E-state index in [0.717, 1.165) is 0 Å². The Labute approximate surface area is 108 Å². The van der Waals surface area contributed by atoms with Gasteiger partial charge >= 0.3 is 5.63 Å². The van der Waals surface area contributed by atoms with Crippen molar-refractivity contribution in [3.8, 4) is 5.75 Å². The number of hydrogen-bond donors (Lipinski definition) is 2. The van der Waals surface area contributed by atoms with E-state index in [4.69, 9.17) is 9.52 Å². The van der Waals surface area contributed by atoms with Gasteiger partial charge in [0.15, 0.2) is 0 Å². The zero-order valence-electron chi connectivity index (χ0n) is 10.00. The molecule has 6 heteroatoms. The Morgan fingerprint density at radius 3 is 2.89 bits per heavy atom. The van der Waals surface area contributed by atoms with Crippen LogP contribution in [0.25, 0.3) is 11.0 Å². The minimum Gasteiger partial charge on any atom is -0.862 e. The minimum atomic E-state index is -0.594. The lowest BCUT2D eigenvalue weighted by Gasteiger charge is -2.11. The number of aromatic hydroxyl groups is 1. The fourth-order valence-corrected chi connectivity index (χ4v) is 1.76. The van der Waals surface area contributed by atoms with Gasteiger partial charge in [0.05, 0.1) is 13.2 Å². The number of aliphatic imine (C=N–C) groups is 1. The van der Waals surface area contributed by atoms with Gasteiger partial charge in [0.25, 0.3) is 0 Å². The number of benzene rings is 1. The second-order valence-corrected chi connectivity index (χ2v) is 3.95. The molecular formula is C13H12NO5-. The number of aliphatic hydroxyl groups is 1. The smallest absolute Gasteiger partial charge is 0.336 e. The van der Waals surface area contributed by atoms with Gasteiger partial charge in [0.2, 0.25) is 0 Å². The molecule has 0 unspecified atom stereocenters. The van der Waals surface area contributed by atoms with E-state index in [9.17, 15) is 15.0 Å². The molecule has 0 amide bonds. The van der Waals surface area contributed by atoms with Crippen molar-refractivity contribution in [1.29, 1.82) is 0 Å². The second kappa shape index (κ2) is 5.53. The van der Waals surface area contributed by atoms with Gasteiger partial charge in [0, 0.05) is 23.9 Å². The Kier molecular flexibility index (Phi) is 3.82. The van der Waals surface area contributed by atoms with Crippen LogP contribution in [0.1, 0.15) is 5.56 Å². The van der Waals surface area contributed by atoms with E-state index in [1.54, 1.807) is 6.07 Å². The molecule has 0 saturated heterocycles. The number of rotatable bonds is 4. The molecule has 1 aromatic heterocycles. The van der Waals surface area contributed by atoms with Gasteiger partial charge in [-0.1, -0.05) is 0 Å². The maximum atomic E-state index is 11.5. The number of phenolic OH excluding ortho intramolecular Hbond substituents is 1. The summed E-state index contributed by atoms with van der Waals surface area (Å²) in [5, 5.41) is 30.0. The number of fused-ring (bicyclic) bond motifs is 1. The van der Waals surface area contributed by atoms with Crippen molar-refractivity contribution < 1.29 is 19.7 Å². The first-order chi connectivity index (χ1) is 9.10. The van der Waals surface area contributed by atoms with Crippen molar-refractivity contribution in [3.05, 3.63) is 40.2 Å². The van der Waals surface area contributed by atoms with E-state index < -0.39 is 11.5 Å². The zero-order chi connectivity index (χ0) is 13.8. The molecule has 100 valence electrons. The van der Waals surface area contributed by atoms with E-state index in [1.165, 1.54) is 18.2 Å². The molecule has 0 radical (unpaired) electrons. The van der Waals surface area contributed by atoms with E-state index in [0.29, 0.717) is 10.9 Å². The average Bonchev–Trinajstić information content (AvgIpc) is 2.35. The molecule has 0 aliphatic heterocycles. The van der Waals surface area contributed by atoms with Gasteiger partial charge in [-0.2, -0.15) is 0 Å². The van der Waals surface area contributed by atoms with Crippen LogP contribution in [0.15, 0.2) is 38.5 Å². The van der Waals surface area contributed by atoms with Crippen LogP contribution in [0.3, 0.4) is 0 Å². The highest BCUT2D eigenvalue weighted by molar-refractivity contribution is 5.86. The van der Waals surface area contributed by atoms with Crippen LogP contribution in [0.5, 0.6) is 5.75 Å². The standard InChI is InChI=1S/C13H13NO5/c15-4-3-14-12(17)5-8-6-13(18)19-11-7-9(16)1-2-10(8)11/h1-2,6-7,15-16H,3-5H2,(H,14,17)/p-1. The summed E-state index contributed by atoms with van der Waals surface area (Å²) in [7, 11) is 0. The Bertz CT molecular complexity index is 674. The minimum absolute atomic E-state index is 0.0240. The third kappa shape index (κ3) is 3.11. The topological polar surface area (TPSA) is 106 Å². The van der Waals surface area contributed by atoms with Crippen molar-refractivity contribution in [1.82, 2.24) is 0 Å². The molecule has 0 spiro atoms. The van der Waals surface area contributed by atoms with Gasteiger partial charge in [-0.3, -0.25) is 0 Å². The Hall–Kier alpha value is -2.34. The molecule has 2 rings (SSSR count). The third-order valence-corrected chi connectivity index (χ3v) is 2.54. The molecule has 0 aliphatic rings. The third-order valence-electron chi connectivity index (χ3n) is 2.54. The van der Waals surface area contributed by atoms with E-state index >= 15 is 0 Å². The van der Waals surface area contributed by atoms with Gasteiger partial charge in [-0.15, -0.1) is 0 Å². The first-order valence-corrected chi connectivity index (χ1v) is 5.67. The van der Waals surface area contributed by atoms with Crippen molar-refractivity contribution in [2.45, 2.75) is 6.42 Å². The molecular weight excluding hydrogens is 250 g/mol. The van der Waals surface area contributed by atoms with Gasteiger partial charge < -0.3 is 24.7 Å². The SMILES string of the molecule is O=c1cc(CC([O-])=NCCO)c2ccc(O)cc2o1. The fourth-order valence-electron chi connectivity index (χ4n) is 1.76. The summed E-state index contributed by atoms with van der Waals surface area (Å²) in [5.74, 6) is -0.446. The highest BCUT2D eigenvalue weighted by Crippen LogP contribution is 2.21. The fraction of sp³-hybridized carbons (Fsp3) is 0.231. The summed E-state index contributed by atoms with van der Waals surface area (Å²) < 4.78 is 4.95. The number of nitrogens with zero attached hydrogens (tertiary/aromatic N) is 1. The average molecular weight is 262 g/mol. The predicted molar refractivity (Wildman–Crippen MR) is 67.2 cm³/mol. The maximum Gasteiger partial charge on any atom is 0.336 e. The molecule has 0 saturated carbocycles. The number of hydrogen-bond acceptors (Lipinski definition) is 6. The molecule has 1 aromatic carbocycles.